The van der Waals surface area contributed by atoms with Crippen LogP contribution in [-0.4, -0.2) is 32.8 Å². The summed E-state index contributed by atoms with van der Waals surface area (Å²) in [5.74, 6) is 8.88. The van der Waals surface area contributed by atoms with Crippen LogP contribution in [0.15, 0.2) is 89.6 Å². The first-order valence-electron chi connectivity index (χ1n) is 16.1. The zero-order chi connectivity index (χ0) is 32.6. The Morgan fingerprint density at radius 3 is 2.32 bits per heavy atom. The molecule has 7 rings (SSSR count). The number of benzene rings is 3. The Kier molecular flexibility index (Phi) is 10.5. The van der Waals surface area contributed by atoms with E-state index in [1.807, 2.05) is 55.5 Å². The molecule has 3 aromatic carbocycles. The quantitative estimate of drug-likeness (QED) is 0.124. The summed E-state index contributed by atoms with van der Waals surface area (Å²) in [6, 6.07) is 31.6. The molecule has 0 saturated carbocycles. The van der Waals surface area contributed by atoms with Gasteiger partial charge in [-0.1, -0.05) is 23.1 Å². The molecule has 0 aliphatic rings. The van der Waals surface area contributed by atoms with Crippen LogP contribution in [0.2, 0.25) is 17.3 Å². The number of furan rings is 1. The minimum Gasteiger partial charge on any atom is -0.499 e. The van der Waals surface area contributed by atoms with E-state index in [1.165, 1.54) is 5.56 Å². The van der Waals surface area contributed by atoms with Crippen LogP contribution in [0.3, 0.4) is 0 Å². The van der Waals surface area contributed by atoms with Crippen LogP contribution < -0.4 is 4.40 Å². The molecule has 0 amide bonds. The predicted molar refractivity (Wildman–Crippen MR) is 194 cm³/mol. The van der Waals surface area contributed by atoms with E-state index >= 15 is 0 Å². The monoisotopic (exact) mass is 861 g/mol. The van der Waals surface area contributed by atoms with Crippen LogP contribution >= 0.6 is 0 Å². The molecule has 243 valence electrons. The van der Waals surface area contributed by atoms with E-state index in [0.29, 0.717) is 5.92 Å². The fourth-order valence-electron chi connectivity index (χ4n) is 6.14. The van der Waals surface area contributed by atoms with E-state index in [1.54, 1.807) is 10.6 Å². The molecular formula is C40H42GeIrN4O-2. The number of aromatic nitrogens is 4. The normalized spacial score (nSPS) is 11.7. The van der Waals surface area contributed by atoms with Crippen molar-refractivity contribution in [2.24, 2.45) is 5.92 Å². The van der Waals surface area contributed by atoms with Gasteiger partial charge < -0.3 is 8.98 Å². The second-order valence-electron chi connectivity index (χ2n) is 13.8. The number of rotatable bonds is 6. The van der Waals surface area contributed by atoms with Gasteiger partial charge in [0.15, 0.2) is 0 Å². The summed E-state index contributed by atoms with van der Waals surface area (Å²) in [7, 11) is 0. The second-order valence-corrected chi connectivity index (χ2v) is 24.3. The van der Waals surface area contributed by atoms with E-state index in [4.69, 9.17) is 14.4 Å². The van der Waals surface area contributed by atoms with Crippen molar-refractivity contribution in [3.8, 4) is 22.6 Å². The Morgan fingerprint density at radius 2 is 1.62 bits per heavy atom. The first-order valence-corrected chi connectivity index (χ1v) is 23.5. The number of aryl methyl sites for hydroxylation is 1. The van der Waals surface area contributed by atoms with E-state index in [9.17, 15) is 0 Å². The Hall–Kier alpha value is -3.58. The average molecular weight is 860 g/mol. The van der Waals surface area contributed by atoms with Gasteiger partial charge in [0.2, 0.25) is 0 Å². The number of hydrogen-bond acceptors (Lipinski definition) is 4. The third-order valence-corrected chi connectivity index (χ3v) is 12.5. The van der Waals surface area contributed by atoms with Crippen molar-refractivity contribution in [1.29, 1.82) is 0 Å². The van der Waals surface area contributed by atoms with Gasteiger partial charge in [-0.3, -0.25) is 9.97 Å². The molecule has 0 saturated heterocycles. The number of para-hydroxylation sites is 2. The summed E-state index contributed by atoms with van der Waals surface area (Å²) in [4.78, 5) is 14.0. The predicted octanol–water partition coefficient (Wildman–Crippen LogP) is 9.98. The van der Waals surface area contributed by atoms with E-state index in [-0.39, 0.29) is 26.1 Å². The molecule has 0 atom stereocenters. The summed E-state index contributed by atoms with van der Waals surface area (Å²) in [5.41, 5.74) is 9.21. The fourth-order valence-corrected chi connectivity index (χ4v) is 9.48. The van der Waals surface area contributed by atoms with Crippen molar-refractivity contribution in [2.45, 2.75) is 64.4 Å². The molecule has 0 bridgehead atoms. The molecular weight excluding hydrogens is 817 g/mol. The molecule has 5 nitrogen and oxygen atoms in total. The smallest absolute Gasteiger partial charge is 0.139 e. The average Bonchev–Trinajstić information content (AvgIpc) is 3.59. The van der Waals surface area contributed by atoms with Crippen molar-refractivity contribution in [2.75, 3.05) is 0 Å². The molecule has 0 spiro atoms. The van der Waals surface area contributed by atoms with Crippen LogP contribution in [0.1, 0.15) is 45.0 Å². The van der Waals surface area contributed by atoms with Crippen LogP contribution in [0, 0.1) is 25.0 Å². The first-order chi connectivity index (χ1) is 22.0. The number of hydrogen-bond donors (Lipinski definition) is 0. The first kappa shape index (κ1) is 34.7. The van der Waals surface area contributed by atoms with Crippen molar-refractivity contribution in [3.63, 3.8) is 0 Å². The molecule has 47 heavy (non-hydrogen) atoms. The van der Waals surface area contributed by atoms with Gasteiger partial charge >= 0.3 is 126 Å². The maximum atomic E-state index is 6.18. The third kappa shape index (κ3) is 7.30. The fraction of sp³-hybridized carbons (Fsp3) is 0.275. The number of fused-ring (bicyclic) bond motifs is 4. The molecule has 0 aliphatic heterocycles. The molecule has 4 aromatic heterocycles. The molecule has 0 fully saturated rings. The summed E-state index contributed by atoms with van der Waals surface area (Å²) < 4.78 is 9.96. The zero-order valence-electron chi connectivity index (χ0n) is 28.5. The molecule has 4 heterocycles. The maximum Gasteiger partial charge on any atom is 0.139 e. The Morgan fingerprint density at radius 1 is 0.851 bits per heavy atom. The van der Waals surface area contributed by atoms with Crippen LogP contribution in [-0.2, 0) is 26.5 Å². The van der Waals surface area contributed by atoms with Crippen molar-refractivity contribution >= 4 is 50.6 Å². The number of nitrogens with zero attached hydrogens (tertiary/aromatic N) is 4. The minimum absolute atomic E-state index is 0. The molecule has 0 unspecified atom stereocenters. The van der Waals surface area contributed by atoms with Crippen molar-refractivity contribution in [3.05, 3.63) is 109 Å². The summed E-state index contributed by atoms with van der Waals surface area (Å²) in [6.45, 7) is 10.9. The summed E-state index contributed by atoms with van der Waals surface area (Å²) in [6.07, 6.45) is 5.06. The van der Waals surface area contributed by atoms with E-state index < -0.39 is 13.3 Å². The summed E-state index contributed by atoms with van der Waals surface area (Å²) >= 11 is -1.86. The second kappa shape index (κ2) is 14.3. The van der Waals surface area contributed by atoms with E-state index in [0.717, 1.165) is 67.7 Å². The molecule has 0 aliphatic carbocycles. The van der Waals surface area contributed by atoms with Gasteiger partial charge in [-0.2, -0.15) is 0 Å². The van der Waals surface area contributed by atoms with Gasteiger partial charge in [-0.15, -0.1) is 18.2 Å². The van der Waals surface area contributed by atoms with Gasteiger partial charge in [0.1, 0.15) is 5.58 Å². The third-order valence-electron chi connectivity index (χ3n) is 8.20. The van der Waals surface area contributed by atoms with Gasteiger partial charge in [-0.25, -0.2) is 0 Å². The van der Waals surface area contributed by atoms with E-state index in [2.05, 4.69) is 97.1 Å². The van der Waals surface area contributed by atoms with Gasteiger partial charge in [0.25, 0.3) is 0 Å². The Labute approximate surface area is 294 Å². The Balaban J connectivity index is 0.000000188. The van der Waals surface area contributed by atoms with Gasteiger partial charge in [0.05, 0.1) is 28.6 Å². The minimum atomic E-state index is -1.86. The zero-order valence-corrected chi connectivity index (χ0v) is 33.0. The van der Waals surface area contributed by atoms with Crippen molar-refractivity contribution in [1.82, 2.24) is 19.5 Å². The van der Waals surface area contributed by atoms with Gasteiger partial charge in [-0.05, 0) is 39.0 Å². The van der Waals surface area contributed by atoms with Gasteiger partial charge in [0, 0.05) is 37.2 Å². The number of pyridine rings is 2. The van der Waals surface area contributed by atoms with Crippen molar-refractivity contribution < 1.29 is 24.5 Å². The summed E-state index contributed by atoms with van der Waals surface area (Å²) in [5, 5.41) is 2.15. The van der Waals surface area contributed by atoms with Crippen LogP contribution in [0.25, 0.3) is 55.6 Å². The maximum absolute atomic E-state index is 6.18. The molecule has 7 heteroatoms. The SMILES string of the molecule is CC(C)Cc1cc(-c2[c-]cccc2)nc[c]1[Ge]([CH3])([CH3])[CH3].Cc1cc2c(cn1)oc1c(-c3nc4ccccc4n3C(C)C)[c-]ccc12.[Ir]. The largest absolute Gasteiger partial charge is 0.499 e. The molecule has 0 N–H and O–H groups in total. The standard InChI is InChI=1S/C22H18N3O.C18H24GeN.Ir/c1-13(2)25-19-10-5-4-9-18(19)24-22(25)16-8-6-7-15-17-11-14(3)23-12-20(17)26-21(15)16;1-14(2)11-16-12-18(15-9-7-6-8-10-15)20-13-17(16)19(3,4)5;/h4-7,9-13H,1-3H3;6-9,12-14H,11H2,1-5H3;/q2*-1;. The molecule has 7 aromatic rings. The Bertz CT molecular complexity index is 2140. The van der Waals surface area contributed by atoms with Crippen LogP contribution in [0.5, 0.6) is 0 Å². The number of imidazole rings is 1. The topological polar surface area (TPSA) is 56.7 Å². The molecule has 1 radical (unpaired) electrons. The van der Waals surface area contributed by atoms with Crippen LogP contribution in [0.4, 0.5) is 0 Å².